The fourth-order valence-corrected chi connectivity index (χ4v) is 2.64. The van der Waals surface area contributed by atoms with Gasteiger partial charge in [-0.25, -0.2) is 0 Å². The zero-order valence-corrected chi connectivity index (χ0v) is 10.2. The quantitative estimate of drug-likeness (QED) is 0.723. The molecular weight excluding hydrogens is 188 g/mol. The van der Waals surface area contributed by atoms with E-state index >= 15 is 0 Å². The molecule has 1 aliphatic carbocycles. The molecule has 90 valence electrons. The summed E-state index contributed by atoms with van der Waals surface area (Å²) in [5, 5.41) is 9.65. The lowest BCUT2D eigenvalue weighted by Gasteiger charge is -2.38. The van der Waals surface area contributed by atoms with Gasteiger partial charge in [0.1, 0.15) is 0 Å². The molecule has 1 saturated carbocycles. The van der Waals surface area contributed by atoms with Gasteiger partial charge in [-0.15, -0.1) is 0 Å². The van der Waals surface area contributed by atoms with Crippen LogP contribution in [0.3, 0.4) is 0 Å². The summed E-state index contributed by atoms with van der Waals surface area (Å²) in [6.07, 6.45) is 5.79. The van der Waals surface area contributed by atoms with Crippen LogP contribution in [0.15, 0.2) is 0 Å². The number of likely N-dealkylation sites (N-methyl/N-ethyl adjacent to an activating group) is 1. The Hall–Kier alpha value is -0.120. The highest BCUT2D eigenvalue weighted by atomic mass is 16.3. The van der Waals surface area contributed by atoms with Crippen LogP contribution in [-0.4, -0.2) is 42.3 Å². The average molecular weight is 214 g/mol. The molecule has 0 saturated heterocycles. The number of aliphatic hydroxyl groups excluding tert-OH is 1. The van der Waals surface area contributed by atoms with E-state index in [1.807, 2.05) is 6.92 Å². The number of hydrogen-bond donors (Lipinski definition) is 2. The summed E-state index contributed by atoms with van der Waals surface area (Å²) in [6.45, 7) is 3.61. The molecule has 0 aromatic rings. The second-order valence-electron chi connectivity index (χ2n) is 4.85. The predicted octanol–water partition coefficient (Wildman–Crippen LogP) is 1.21. The first kappa shape index (κ1) is 12.9. The first-order chi connectivity index (χ1) is 7.19. The summed E-state index contributed by atoms with van der Waals surface area (Å²) >= 11 is 0. The van der Waals surface area contributed by atoms with Gasteiger partial charge >= 0.3 is 0 Å². The van der Waals surface area contributed by atoms with Gasteiger partial charge in [-0.05, 0) is 38.8 Å². The van der Waals surface area contributed by atoms with Crippen molar-refractivity contribution in [3.8, 4) is 0 Å². The molecule has 0 spiro atoms. The molecular formula is C12H26N2O. The van der Waals surface area contributed by atoms with Crippen molar-refractivity contribution in [2.45, 2.75) is 51.2 Å². The maximum absolute atomic E-state index is 9.65. The summed E-state index contributed by atoms with van der Waals surface area (Å²) < 4.78 is 0. The summed E-state index contributed by atoms with van der Waals surface area (Å²) in [4.78, 5) is 2.31. The molecule has 3 N–H and O–H groups in total. The minimum atomic E-state index is -0.185. The molecule has 0 bridgehead atoms. The Kier molecular flexibility index (Phi) is 5.58. The fraction of sp³-hybridized carbons (Fsp3) is 1.00. The van der Waals surface area contributed by atoms with Crippen LogP contribution in [0.1, 0.15) is 39.0 Å². The minimum absolute atomic E-state index is 0.185. The Morgan fingerprint density at radius 2 is 2.07 bits per heavy atom. The van der Waals surface area contributed by atoms with Crippen molar-refractivity contribution < 1.29 is 5.11 Å². The molecule has 15 heavy (non-hydrogen) atoms. The first-order valence-electron chi connectivity index (χ1n) is 6.27. The van der Waals surface area contributed by atoms with Crippen LogP contribution in [0, 0.1) is 5.92 Å². The van der Waals surface area contributed by atoms with E-state index in [1.165, 1.54) is 25.7 Å². The molecule has 0 aromatic carbocycles. The van der Waals surface area contributed by atoms with Gasteiger partial charge in [0, 0.05) is 12.6 Å². The second-order valence-corrected chi connectivity index (χ2v) is 4.85. The molecule has 3 atom stereocenters. The van der Waals surface area contributed by atoms with Crippen LogP contribution >= 0.6 is 0 Å². The largest absolute Gasteiger partial charge is 0.392 e. The van der Waals surface area contributed by atoms with Crippen molar-refractivity contribution in [3.05, 3.63) is 0 Å². The molecule has 3 nitrogen and oxygen atoms in total. The smallest absolute Gasteiger partial charge is 0.0664 e. The average Bonchev–Trinajstić information content (AvgIpc) is 2.28. The van der Waals surface area contributed by atoms with Crippen molar-refractivity contribution in [1.29, 1.82) is 0 Å². The Bertz CT molecular complexity index is 175. The van der Waals surface area contributed by atoms with Crippen molar-refractivity contribution >= 4 is 0 Å². The van der Waals surface area contributed by atoms with Crippen LogP contribution < -0.4 is 5.73 Å². The predicted molar refractivity (Wildman–Crippen MR) is 63.7 cm³/mol. The van der Waals surface area contributed by atoms with Gasteiger partial charge in [0.2, 0.25) is 0 Å². The topological polar surface area (TPSA) is 49.5 Å². The number of nitrogens with zero attached hydrogens (tertiary/aromatic N) is 1. The lowest BCUT2D eigenvalue weighted by molar-refractivity contribution is 0.0670. The van der Waals surface area contributed by atoms with E-state index in [1.54, 1.807) is 0 Å². The number of hydrogen-bond acceptors (Lipinski definition) is 3. The van der Waals surface area contributed by atoms with E-state index in [0.717, 1.165) is 19.5 Å². The SMILES string of the molecule is CCC(O)CN(C)C1CCCCC1CN. The molecule has 1 aliphatic rings. The molecule has 0 aromatic heterocycles. The Morgan fingerprint density at radius 3 is 2.67 bits per heavy atom. The number of aliphatic hydroxyl groups is 1. The molecule has 1 fully saturated rings. The van der Waals surface area contributed by atoms with Crippen molar-refractivity contribution in [1.82, 2.24) is 4.90 Å². The molecule has 3 unspecified atom stereocenters. The highest BCUT2D eigenvalue weighted by molar-refractivity contribution is 4.83. The molecule has 0 radical (unpaired) electrons. The highest BCUT2D eigenvalue weighted by Gasteiger charge is 2.27. The van der Waals surface area contributed by atoms with Crippen molar-refractivity contribution in [3.63, 3.8) is 0 Å². The van der Waals surface area contributed by atoms with Gasteiger partial charge < -0.3 is 15.7 Å². The summed E-state index contributed by atoms with van der Waals surface area (Å²) in [6, 6.07) is 0.588. The van der Waals surface area contributed by atoms with Crippen LogP contribution in [0.2, 0.25) is 0 Å². The second kappa shape index (κ2) is 6.46. The van der Waals surface area contributed by atoms with Crippen LogP contribution in [0.4, 0.5) is 0 Å². The van der Waals surface area contributed by atoms with E-state index in [4.69, 9.17) is 5.73 Å². The van der Waals surface area contributed by atoms with Gasteiger partial charge in [-0.2, -0.15) is 0 Å². The van der Waals surface area contributed by atoms with Crippen molar-refractivity contribution in [2.24, 2.45) is 11.7 Å². The summed E-state index contributed by atoms with van der Waals surface area (Å²) in [7, 11) is 2.12. The van der Waals surface area contributed by atoms with Gasteiger partial charge in [0.15, 0.2) is 0 Å². The molecule has 0 aliphatic heterocycles. The Balaban J connectivity index is 2.44. The molecule has 0 heterocycles. The fourth-order valence-electron chi connectivity index (χ4n) is 2.64. The lowest BCUT2D eigenvalue weighted by atomic mass is 9.83. The Morgan fingerprint density at radius 1 is 1.40 bits per heavy atom. The maximum Gasteiger partial charge on any atom is 0.0664 e. The van der Waals surface area contributed by atoms with Crippen LogP contribution in [0.5, 0.6) is 0 Å². The lowest BCUT2D eigenvalue weighted by Crippen LogP contribution is -2.45. The van der Waals surface area contributed by atoms with Gasteiger partial charge in [0.05, 0.1) is 6.10 Å². The van der Waals surface area contributed by atoms with Gasteiger partial charge in [-0.3, -0.25) is 0 Å². The van der Waals surface area contributed by atoms with Crippen LogP contribution in [0.25, 0.3) is 0 Å². The molecule has 0 amide bonds. The zero-order chi connectivity index (χ0) is 11.3. The maximum atomic E-state index is 9.65. The summed E-state index contributed by atoms with van der Waals surface area (Å²) in [5.74, 6) is 0.632. The molecule has 3 heteroatoms. The van der Waals surface area contributed by atoms with E-state index in [2.05, 4.69) is 11.9 Å². The highest BCUT2D eigenvalue weighted by Crippen LogP contribution is 2.27. The van der Waals surface area contributed by atoms with Gasteiger partial charge in [-0.1, -0.05) is 19.8 Å². The Labute approximate surface area is 93.6 Å². The molecule has 1 rings (SSSR count). The third-order valence-corrected chi connectivity index (χ3v) is 3.71. The standard InChI is InChI=1S/C12H26N2O/c1-3-11(15)9-14(2)12-7-5-4-6-10(12)8-13/h10-12,15H,3-9,13H2,1-2H3. The zero-order valence-electron chi connectivity index (χ0n) is 10.2. The normalized spacial score (nSPS) is 29.4. The van der Waals surface area contributed by atoms with Crippen molar-refractivity contribution in [2.75, 3.05) is 20.1 Å². The third kappa shape index (κ3) is 3.74. The third-order valence-electron chi connectivity index (χ3n) is 3.71. The van der Waals surface area contributed by atoms with Gasteiger partial charge in [0.25, 0.3) is 0 Å². The van der Waals surface area contributed by atoms with E-state index in [0.29, 0.717) is 12.0 Å². The van der Waals surface area contributed by atoms with E-state index in [-0.39, 0.29) is 6.10 Å². The number of nitrogens with two attached hydrogens (primary N) is 1. The summed E-state index contributed by atoms with van der Waals surface area (Å²) in [5.41, 5.74) is 5.81. The number of rotatable bonds is 5. The van der Waals surface area contributed by atoms with Crippen LogP contribution in [-0.2, 0) is 0 Å². The first-order valence-corrected chi connectivity index (χ1v) is 6.27. The monoisotopic (exact) mass is 214 g/mol. The van der Waals surface area contributed by atoms with E-state index < -0.39 is 0 Å². The minimum Gasteiger partial charge on any atom is -0.392 e. The van der Waals surface area contributed by atoms with E-state index in [9.17, 15) is 5.11 Å².